The van der Waals surface area contributed by atoms with Gasteiger partial charge in [0, 0.05) is 12.5 Å². The first-order valence-corrected chi connectivity index (χ1v) is 10.1. The molecular formula is C18H25NO5S. The molecule has 1 fully saturated rings. The minimum Gasteiger partial charge on any atom is -0.375 e. The molecule has 0 spiro atoms. The number of carbonyl (C=O) groups is 1. The second-order valence-corrected chi connectivity index (χ2v) is 7.81. The minimum atomic E-state index is -3.53. The van der Waals surface area contributed by atoms with Gasteiger partial charge in [-0.25, -0.2) is 0 Å². The number of benzene rings is 1. The van der Waals surface area contributed by atoms with Crippen LogP contribution in [0.25, 0.3) is 0 Å². The fourth-order valence-corrected chi connectivity index (χ4v) is 3.35. The predicted molar refractivity (Wildman–Crippen MR) is 95.3 cm³/mol. The van der Waals surface area contributed by atoms with Gasteiger partial charge in [-0.3, -0.25) is 8.98 Å². The quantitative estimate of drug-likeness (QED) is 0.359. The van der Waals surface area contributed by atoms with Crippen molar-refractivity contribution in [1.82, 2.24) is 4.90 Å². The second-order valence-electron chi connectivity index (χ2n) is 6.17. The van der Waals surface area contributed by atoms with Crippen LogP contribution in [0, 0.1) is 5.92 Å². The summed E-state index contributed by atoms with van der Waals surface area (Å²) >= 11 is 0. The van der Waals surface area contributed by atoms with E-state index >= 15 is 0 Å². The zero-order valence-electron chi connectivity index (χ0n) is 14.5. The summed E-state index contributed by atoms with van der Waals surface area (Å²) in [7, 11) is -3.53. The average molecular weight is 367 g/mol. The van der Waals surface area contributed by atoms with Crippen molar-refractivity contribution in [2.24, 2.45) is 5.92 Å². The van der Waals surface area contributed by atoms with E-state index in [4.69, 9.17) is 8.92 Å². The lowest BCUT2D eigenvalue weighted by Gasteiger charge is -2.24. The van der Waals surface area contributed by atoms with E-state index in [1.807, 2.05) is 30.3 Å². The van der Waals surface area contributed by atoms with E-state index in [1.54, 1.807) is 11.0 Å². The number of rotatable bonds is 10. The van der Waals surface area contributed by atoms with Crippen LogP contribution in [0.4, 0.5) is 0 Å². The third kappa shape index (κ3) is 6.26. The van der Waals surface area contributed by atoms with Crippen LogP contribution in [-0.2, 0) is 30.4 Å². The van der Waals surface area contributed by atoms with Crippen LogP contribution >= 0.6 is 0 Å². The van der Waals surface area contributed by atoms with E-state index in [0.717, 1.165) is 11.8 Å². The maximum Gasteiger partial charge on any atom is 0.264 e. The Balaban J connectivity index is 1.88. The average Bonchev–Trinajstić information content (AvgIpc) is 2.86. The number of hydrogen-bond acceptors (Lipinski definition) is 5. The van der Waals surface area contributed by atoms with Crippen LogP contribution in [-0.4, -0.2) is 51.3 Å². The van der Waals surface area contributed by atoms with Crippen LogP contribution in [0.5, 0.6) is 0 Å². The molecule has 0 radical (unpaired) electrons. The van der Waals surface area contributed by atoms with Gasteiger partial charge in [0.1, 0.15) is 0 Å². The zero-order valence-corrected chi connectivity index (χ0v) is 15.3. The highest BCUT2D eigenvalue weighted by atomic mass is 32.2. The van der Waals surface area contributed by atoms with Crippen LogP contribution in [0.3, 0.4) is 0 Å². The molecule has 2 rings (SSSR count). The summed E-state index contributed by atoms with van der Waals surface area (Å²) < 4.78 is 33.0. The Morgan fingerprint density at radius 3 is 2.68 bits per heavy atom. The van der Waals surface area contributed by atoms with Gasteiger partial charge in [0.05, 0.1) is 32.1 Å². The van der Waals surface area contributed by atoms with Crippen molar-refractivity contribution >= 4 is 16.0 Å². The molecule has 0 N–H and O–H groups in total. The maximum atomic E-state index is 12.5. The highest BCUT2D eigenvalue weighted by Gasteiger charge is 2.38. The molecule has 1 aromatic carbocycles. The van der Waals surface area contributed by atoms with E-state index in [-0.39, 0.29) is 24.5 Å². The van der Waals surface area contributed by atoms with E-state index in [0.29, 0.717) is 32.6 Å². The Labute approximate surface area is 149 Å². The van der Waals surface area contributed by atoms with Gasteiger partial charge in [0.25, 0.3) is 10.1 Å². The number of likely N-dealkylation sites (tertiary alicyclic amines) is 1. The molecule has 0 saturated carbocycles. The molecule has 0 aromatic heterocycles. The van der Waals surface area contributed by atoms with Crippen molar-refractivity contribution in [1.29, 1.82) is 0 Å². The van der Waals surface area contributed by atoms with E-state index in [9.17, 15) is 13.2 Å². The predicted octanol–water partition coefficient (Wildman–Crippen LogP) is 1.97. The molecule has 7 heteroatoms. The Morgan fingerprint density at radius 2 is 2.04 bits per heavy atom. The lowest BCUT2D eigenvalue weighted by molar-refractivity contribution is -0.133. The van der Waals surface area contributed by atoms with Crippen molar-refractivity contribution in [3.8, 4) is 0 Å². The van der Waals surface area contributed by atoms with Crippen molar-refractivity contribution in [2.45, 2.75) is 25.5 Å². The topological polar surface area (TPSA) is 72.9 Å². The summed E-state index contributed by atoms with van der Waals surface area (Å²) in [6.45, 7) is 4.94. The Bertz CT molecular complexity index is 674. The normalized spacial score (nSPS) is 20.8. The number of carbonyl (C=O) groups excluding carboxylic acids is 1. The fourth-order valence-electron chi connectivity index (χ4n) is 2.95. The molecule has 138 valence electrons. The zero-order chi connectivity index (χ0) is 18.3. The van der Waals surface area contributed by atoms with Gasteiger partial charge in [-0.05, 0) is 18.4 Å². The fraction of sp³-hybridized carbons (Fsp3) is 0.500. The van der Waals surface area contributed by atoms with E-state index in [1.165, 1.54) is 0 Å². The molecule has 1 amide bonds. The van der Waals surface area contributed by atoms with Crippen LogP contribution in [0.1, 0.15) is 18.4 Å². The number of allylic oxidation sites excluding steroid dienone is 1. The van der Waals surface area contributed by atoms with E-state index < -0.39 is 10.1 Å². The summed E-state index contributed by atoms with van der Waals surface area (Å²) in [6.07, 6.45) is 3.87. The lowest BCUT2D eigenvalue weighted by atomic mass is 10.0. The highest BCUT2D eigenvalue weighted by molar-refractivity contribution is 7.85. The summed E-state index contributed by atoms with van der Waals surface area (Å²) in [5, 5.41) is 0. The number of ether oxygens (including phenoxy) is 1. The standard InChI is InChI=1S/C18H25NO5S/c1-3-7-16-12-17(14-24-25(2,21)22)19(18(16)20)10-11-23-13-15-8-5-4-6-9-15/h3-6,8-9,16-17H,1,7,10-14H2,2H3/t16-,17+/m1/s1. The first-order chi connectivity index (χ1) is 11.9. The van der Waals surface area contributed by atoms with Gasteiger partial charge in [0.15, 0.2) is 0 Å². The SMILES string of the molecule is C=CC[C@@H]1C[C@@H](COS(C)(=O)=O)N(CCOCc2ccccc2)C1=O. The van der Waals surface area contributed by atoms with Crippen LogP contribution in [0.15, 0.2) is 43.0 Å². The number of nitrogens with zero attached hydrogens (tertiary/aromatic N) is 1. The van der Waals surface area contributed by atoms with E-state index in [2.05, 4.69) is 6.58 Å². The molecule has 1 heterocycles. The third-order valence-electron chi connectivity index (χ3n) is 4.14. The monoisotopic (exact) mass is 367 g/mol. The first kappa shape index (κ1) is 19.6. The van der Waals surface area contributed by atoms with Gasteiger partial charge in [-0.1, -0.05) is 36.4 Å². The summed E-state index contributed by atoms with van der Waals surface area (Å²) in [4.78, 5) is 14.2. The maximum absolute atomic E-state index is 12.5. The smallest absolute Gasteiger partial charge is 0.264 e. The van der Waals surface area contributed by atoms with Gasteiger partial charge in [-0.15, -0.1) is 6.58 Å². The summed E-state index contributed by atoms with van der Waals surface area (Å²) in [5.41, 5.74) is 1.07. The molecular weight excluding hydrogens is 342 g/mol. The number of amides is 1. The van der Waals surface area contributed by atoms with Gasteiger partial charge >= 0.3 is 0 Å². The molecule has 0 unspecified atom stereocenters. The highest BCUT2D eigenvalue weighted by Crippen LogP contribution is 2.28. The van der Waals surface area contributed by atoms with Gasteiger partial charge < -0.3 is 9.64 Å². The minimum absolute atomic E-state index is 0.00492. The lowest BCUT2D eigenvalue weighted by Crippen LogP contribution is -2.39. The van der Waals surface area contributed by atoms with Crippen molar-refractivity contribution < 1.29 is 22.1 Å². The second kappa shape index (κ2) is 9.12. The molecule has 1 aliphatic rings. The Morgan fingerprint density at radius 1 is 1.32 bits per heavy atom. The van der Waals surface area contributed by atoms with Gasteiger partial charge in [-0.2, -0.15) is 8.42 Å². The molecule has 0 bridgehead atoms. The van der Waals surface area contributed by atoms with Crippen molar-refractivity contribution in [2.75, 3.05) is 26.0 Å². The largest absolute Gasteiger partial charge is 0.375 e. The molecule has 1 aromatic rings. The number of hydrogen-bond donors (Lipinski definition) is 0. The molecule has 1 aliphatic heterocycles. The Kier molecular flexibility index (Phi) is 7.16. The third-order valence-corrected chi connectivity index (χ3v) is 4.71. The van der Waals surface area contributed by atoms with Crippen molar-refractivity contribution in [3.05, 3.63) is 48.6 Å². The van der Waals surface area contributed by atoms with Crippen LogP contribution < -0.4 is 0 Å². The molecule has 2 atom stereocenters. The molecule has 1 saturated heterocycles. The molecule has 0 aliphatic carbocycles. The first-order valence-electron chi connectivity index (χ1n) is 8.28. The van der Waals surface area contributed by atoms with Crippen LogP contribution in [0.2, 0.25) is 0 Å². The molecule has 6 nitrogen and oxygen atoms in total. The summed E-state index contributed by atoms with van der Waals surface area (Å²) in [5.74, 6) is -0.162. The van der Waals surface area contributed by atoms with Gasteiger partial charge in [0.2, 0.25) is 5.91 Å². The Hall–Kier alpha value is -1.70. The summed E-state index contributed by atoms with van der Waals surface area (Å²) in [6, 6.07) is 9.53. The van der Waals surface area contributed by atoms with Crippen molar-refractivity contribution in [3.63, 3.8) is 0 Å². The molecule has 25 heavy (non-hydrogen) atoms.